The van der Waals surface area contributed by atoms with E-state index in [-0.39, 0.29) is 5.63 Å². The van der Waals surface area contributed by atoms with Crippen molar-refractivity contribution in [2.24, 2.45) is 0 Å². The van der Waals surface area contributed by atoms with E-state index in [2.05, 4.69) is 4.42 Å². The number of benzene rings is 1. The van der Waals surface area contributed by atoms with E-state index in [9.17, 15) is 4.79 Å². The quantitative estimate of drug-likeness (QED) is 0.685. The molecule has 2 heteroatoms. The summed E-state index contributed by atoms with van der Waals surface area (Å²) in [4.78, 5) is 11.0. The smallest absolute Gasteiger partial charge is 0.336 e. The Labute approximate surface area is 81.8 Å². The normalized spacial score (nSPS) is 10.1. The van der Waals surface area contributed by atoms with Gasteiger partial charge in [-0.05, 0) is 24.1 Å². The fourth-order valence-corrected chi connectivity index (χ4v) is 1.31. The van der Waals surface area contributed by atoms with Crippen molar-refractivity contribution in [3.63, 3.8) is 0 Å². The molecule has 2 rings (SSSR count). The number of hydrogen-bond acceptors (Lipinski definition) is 2. The summed E-state index contributed by atoms with van der Waals surface area (Å²) in [5.74, 6) is 0. The van der Waals surface area contributed by atoms with Gasteiger partial charge in [0, 0.05) is 6.07 Å². The molecule has 2 nitrogen and oxygen atoms in total. The zero-order chi connectivity index (χ0) is 9.97. The molecule has 0 atom stereocenters. The van der Waals surface area contributed by atoms with Gasteiger partial charge in [-0.25, -0.2) is 4.79 Å². The Kier molecular flexibility index (Phi) is 2.19. The van der Waals surface area contributed by atoms with E-state index in [1.165, 1.54) is 17.9 Å². The lowest BCUT2D eigenvalue weighted by molar-refractivity contribution is 0.511. The van der Waals surface area contributed by atoms with Crippen molar-refractivity contribution in [2.45, 2.75) is 6.92 Å². The fourth-order valence-electron chi connectivity index (χ4n) is 1.31. The van der Waals surface area contributed by atoms with Gasteiger partial charge in [-0.1, -0.05) is 29.8 Å². The van der Waals surface area contributed by atoms with Crippen molar-refractivity contribution in [3.8, 4) is 11.1 Å². The standard InChI is InChI=1S/C12H10O2/c1-9-2-4-10(5-3-9)11-6-7-14-12(13)8-11/h2-8H,1H3. The molecule has 0 saturated heterocycles. The van der Waals surface area contributed by atoms with Gasteiger partial charge in [-0.2, -0.15) is 0 Å². The highest BCUT2D eigenvalue weighted by Crippen LogP contribution is 2.17. The van der Waals surface area contributed by atoms with Crippen LogP contribution in [0, 0.1) is 6.92 Å². The molecule has 0 aliphatic rings. The summed E-state index contributed by atoms with van der Waals surface area (Å²) in [6.07, 6.45) is 1.41. The van der Waals surface area contributed by atoms with Crippen molar-refractivity contribution in [3.05, 3.63) is 58.6 Å². The first-order valence-corrected chi connectivity index (χ1v) is 4.41. The fraction of sp³-hybridized carbons (Fsp3) is 0.0833. The first-order chi connectivity index (χ1) is 6.75. The summed E-state index contributed by atoms with van der Waals surface area (Å²) < 4.78 is 4.66. The third-order valence-corrected chi connectivity index (χ3v) is 2.09. The van der Waals surface area contributed by atoms with E-state index in [0.717, 1.165) is 11.1 Å². The Balaban J connectivity index is 2.50. The van der Waals surface area contributed by atoms with Crippen LogP contribution < -0.4 is 5.63 Å². The molecule has 0 saturated carbocycles. The van der Waals surface area contributed by atoms with Crippen LogP contribution in [0.3, 0.4) is 0 Å². The van der Waals surface area contributed by atoms with Gasteiger partial charge in [-0.15, -0.1) is 0 Å². The van der Waals surface area contributed by atoms with Crippen LogP contribution in [0.5, 0.6) is 0 Å². The van der Waals surface area contributed by atoms with Crippen LogP contribution in [-0.2, 0) is 0 Å². The molecule has 1 aromatic carbocycles. The molecule has 2 aromatic rings. The van der Waals surface area contributed by atoms with Crippen molar-refractivity contribution in [1.29, 1.82) is 0 Å². The van der Waals surface area contributed by atoms with Crippen LogP contribution >= 0.6 is 0 Å². The third-order valence-electron chi connectivity index (χ3n) is 2.09. The zero-order valence-corrected chi connectivity index (χ0v) is 7.86. The van der Waals surface area contributed by atoms with Gasteiger partial charge in [0.05, 0.1) is 6.26 Å². The monoisotopic (exact) mass is 186 g/mol. The molecule has 0 aliphatic carbocycles. The van der Waals surface area contributed by atoms with Crippen LogP contribution in [0.25, 0.3) is 11.1 Å². The van der Waals surface area contributed by atoms with E-state index in [1.807, 2.05) is 31.2 Å². The molecule has 0 bridgehead atoms. The second-order valence-electron chi connectivity index (χ2n) is 3.21. The minimum absolute atomic E-state index is 0.317. The summed E-state index contributed by atoms with van der Waals surface area (Å²) in [5.41, 5.74) is 2.81. The summed E-state index contributed by atoms with van der Waals surface area (Å²) in [6.45, 7) is 2.03. The molecule has 0 amide bonds. The summed E-state index contributed by atoms with van der Waals surface area (Å²) in [6, 6.07) is 11.3. The summed E-state index contributed by atoms with van der Waals surface area (Å²) in [5, 5.41) is 0. The summed E-state index contributed by atoms with van der Waals surface area (Å²) >= 11 is 0. The van der Waals surface area contributed by atoms with Crippen molar-refractivity contribution >= 4 is 0 Å². The average Bonchev–Trinajstić information content (AvgIpc) is 2.19. The maximum atomic E-state index is 11.0. The number of hydrogen-bond donors (Lipinski definition) is 0. The number of aryl methyl sites for hydroxylation is 1. The Morgan fingerprint density at radius 2 is 1.71 bits per heavy atom. The molecular weight excluding hydrogens is 176 g/mol. The minimum atomic E-state index is -0.317. The highest BCUT2D eigenvalue weighted by atomic mass is 16.4. The maximum Gasteiger partial charge on any atom is 0.336 e. The number of rotatable bonds is 1. The van der Waals surface area contributed by atoms with Gasteiger partial charge in [0.25, 0.3) is 0 Å². The lowest BCUT2D eigenvalue weighted by Gasteiger charge is -1.99. The van der Waals surface area contributed by atoms with Crippen molar-refractivity contribution in [2.75, 3.05) is 0 Å². The predicted octanol–water partition coefficient (Wildman–Crippen LogP) is 2.62. The van der Waals surface area contributed by atoms with E-state index in [1.54, 1.807) is 6.07 Å². The molecule has 1 aromatic heterocycles. The van der Waals surface area contributed by atoms with E-state index < -0.39 is 0 Å². The molecular formula is C12H10O2. The van der Waals surface area contributed by atoms with Crippen molar-refractivity contribution < 1.29 is 4.42 Å². The molecule has 0 unspecified atom stereocenters. The Bertz CT molecular complexity index is 480. The highest BCUT2D eigenvalue weighted by molar-refractivity contribution is 5.62. The predicted molar refractivity (Wildman–Crippen MR) is 55.2 cm³/mol. The summed E-state index contributed by atoms with van der Waals surface area (Å²) in [7, 11) is 0. The van der Waals surface area contributed by atoms with Crippen LogP contribution in [0.15, 0.2) is 51.9 Å². The Morgan fingerprint density at radius 1 is 1.00 bits per heavy atom. The van der Waals surface area contributed by atoms with Gasteiger partial charge in [0.2, 0.25) is 0 Å². The zero-order valence-electron chi connectivity index (χ0n) is 7.86. The van der Waals surface area contributed by atoms with Gasteiger partial charge < -0.3 is 4.42 Å². The molecule has 1 heterocycles. The Hall–Kier alpha value is -1.83. The van der Waals surface area contributed by atoms with Crippen molar-refractivity contribution in [1.82, 2.24) is 0 Å². The van der Waals surface area contributed by atoms with Crippen LogP contribution in [0.2, 0.25) is 0 Å². The van der Waals surface area contributed by atoms with E-state index in [0.29, 0.717) is 0 Å². The first kappa shape index (κ1) is 8.75. The maximum absolute atomic E-state index is 11.0. The molecule has 0 aliphatic heterocycles. The second kappa shape index (κ2) is 3.50. The molecule has 0 spiro atoms. The Morgan fingerprint density at radius 3 is 2.36 bits per heavy atom. The second-order valence-corrected chi connectivity index (χ2v) is 3.21. The largest absolute Gasteiger partial charge is 0.431 e. The molecule has 0 N–H and O–H groups in total. The van der Waals surface area contributed by atoms with Gasteiger partial charge >= 0.3 is 5.63 Å². The molecule has 0 radical (unpaired) electrons. The molecule has 14 heavy (non-hydrogen) atoms. The lowest BCUT2D eigenvalue weighted by Crippen LogP contribution is -1.94. The minimum Gasteiger partial charge on any atom is -0.431 e. The van der Waals surface area contributed by atoms with Crippen LogP contribution in [-0.4, -0.2) is 0 Å². The molecule has 70 valence electrons. The first-order valence-electron chi connectivity index (χ1n) is 4.41. The van der Waals surface area contributed by atoms with Crippen LogP contribution in [0.1, 0.15) is 5.56 Å². The average molecular weight is 186 g/mol. The lowest BCUT2D eigenvalue weighted by atomic mass is 10.1. The topological polar surface area (TPSA) is 30.2 Å². The van der Waals surface area contributed by atoms with E-state index >= 15 is 0 Å². The van der Waals surface area contributed by atoms with Gasteiger partial charge in [0.15, 0.2) is 0 Å². The van der Waals surface area contributed by atoms with Crippen LogP contribution in [0.4, 0.5) is 0 Å². The highest BCUT2D eigenvalue weighted by Gasteiger charge is 1.97. The van der Waals surface area contributed by atoms with Gasteiger partial charge in [-0.3, -0.25) is 0 Å². The van der Waals surface area contributed by atoms with E-state index in [4.69, 9.17) is 0 Å². The molecule has 0 fully saturated rings. The van der Waals surface area contributed by atoms with Gasteiger partial charge in [0.1, 0.15) is 0 Å². The SMILES string of the molecule is Cc1ccc(-c2ccoc(=O)c2)cc1. The third kappa shape index (κ3) is 1.74.